The largest absolute Gasteiger partial charge is 0.353 e. The van der Waals surface area contributed by atoms with Crippen molar-refractivity contribution in [3.05, 3.63) is 59.1 Å². The smallest absolute Gasteiger partial charge is 0.224 e. The van der Waals surface area contributed by atoms with E-state index >= 15 is 0 Å². The fourth-order valence-electron chi connectivity index (χ4n) is 2.73. The predicted octanol–water partition coefficient (Wildman–Crippen LogP) is 4.79. The Kier molecular flexibility index (Phi) is 4.25. The van der Waals surface area contributed by atoms with Crippen molar-refractivity contribution in [1.82, 2.24) is 10.3 Å². The van der Waals surface area contributed by atoms with E-state index in [9.17, 15) is 4.79 Å². The highest BCUT2D eigenvalue weighted by Crippen LogP contribution is 2.35. The summed E-state index contributed by atoms with van der Waals surface area (Å²) < 4.78 is 0. The summed E-state index contributed by atoms with van der Waals surface area (Å²) in [6, 6.07) is 16.3. The van der Waals surface area contributed by atoms with Gasteiger partial charge < -0.3 is 10.3 Å². The maximum Gasteiger partial charge on any atom is 0.224 e. The third-order valence-corrected chi connectivity index (χ3v) is 5.40. The van der Waals surface area contributed by atoms with Crippen molar-refractivity contribution in [3.63, 3.8) is 0 Å². The molecule has 1 fully saturated rings. The van der Waals surface area contributed by atoms with E-state index < -0.39 is 0 Å². The van der Waals surface area contributed by atoms with Crippen LogP contribution in [0.5, 0.6) is 0 Å². The Bertz CT molecular complexity index is 884. The molecule has 2 N–H and O–H groups in total. The van der Waals surface area contributed by atoms with Crippen molar-refractivity contribution < 1.29 is 4.79 Å². The fourth-order valence-corrected chi connectivity index (χ4v) is 3.83. The first-order valence-corrected chi connectivity index (χ1v) is 9.21. The van der Waals surface area contributed by atoms with Gasteiger partial charge in [-0.05, 0) is 43.2 Å². The average molecular weight is 357 g/mol. The lowest BCUT2D eigenvalue weighted by molar-refractivity contribution is -0.120. The van der Waals surface area contributed by atoms with Crippen LogP contribution >= 0.6 is 23.4 Å². The average Bonchev–Trinajstić information content (AvgIpc) is 3.32. The van der Waals surface area contributed by atoms with Gasteiger partial charge in [-0.3, -0.25) is 4.79 Å². The zero-order valence-corrected chi connectivity index (χ0v) is 14.6. The van der Waals surface area contributed by atoms with Crippen molar-refractivity contribution in [2.45, 2.75) is 35.2 Å². The molecule has 5 heteroatoms. The Morgan fingerprint density at radius 3 is 2.67 bits per heavy atom. The summed E-state index contributed by atoms with van der Waals surface area (Å²) in [5, 5.41) is 5.93. The number of para-hydroxylation sites is 1. The van der Waals surface area contributed by atoms with Gasteiger partial charge in [0.25, 0.3) is 0 Å². The Morgan fingerprint density at radius 1 is 1.17 bits per heavy atom. The van der Waals surface area contributed by atoms with Crippen molar-refractivity contribution in [2.75, 3.05) is 0 Å². The molecule has 1 aromatic heterocycles. The third-order valence-electron chi connectivity index (χ3n) is 4.09. The van der Waals surface area contributed by atoms with Crippen molar-refractivity contribution in [2.24, 2.45) is 0 Å². The van der Waals surface area contributed by atoms with Crippen LogP contribution in [0.3, 0.4) is 0 Å². The minimum atomic E-state index is 0.0974. The number of fused-ring (bicyclic) bond motifs is 1. The summed E-state index contributed by atoms with van der Waals surface area (Å²) in [7, 11) is 0. The van der Waals surface area contributed by atoms with Crippen LogP contribution in [0.4, 0.5) is 0 Å². The zero-order valence-electron chi connectivity index (χ0n) is 13.0. The number of carbonyl (C=O) groups is 1. The van der Waals surface area contributed by atoms with E-state index in [0.29, 0.717) is 12.5 Å². The number of benzene rings is 2. The van der Waals surface area contributed by atoms with E-state index in [1.807, 2.05) is 42.5 Å². The van der Waals surface area contributed by atoms with Crippen LogP contribution in [0.25, 0.3) is 10.9 Å². The molecule has 1 aliphatic carbocycles. The summed E-state index contributed by atoms with van der Waals surface area (Å²) in [4.78, 5) is 16.8. The van der Waals surface area contributed by atoms with Crippen LogP contribution in [0.15, 0.2) is 58.5 Å². The molecular weight excluding hydrogens is 340 g/mol. The van der Waals surface area contributed by atoms with Crippen LogP contribution in [0.2, 0.25) is 5.02 Å². The maximum absolute atomic E-state index is 12.3. The van der Waals surface area contributed by atoms with Crippen LogP contribution in [0, 0.1) is 0 Å². The molecule has 0 bridgehead atoms. The number of rotatable bonds is 5. The Morgan fingerprint density at radius 2 is 1.92 bits per heavy atom. The first-order valence-electron chi connectivity index (χ1n) is 8.01. The summed E-state index contributed by atoms with van der Waals surface area (Å²) in [5.74, 6) is 0.0974. The number of aromatic nitrogens is 1. The molecule has 4 rings (SSSR count). The van der Waals surface area contributed by atoms with Gasteiger partial charge in [-0.2, -0.15) is 0 Å². The highest BCUT2D eigenvalue weighted by Gasteiger charge is 2.24. The van der Waals surface area contributed by atoms with E-state index in [1.165, 1.54) is 0 Å². The Balaban J connectivity index is 1.66. The number of hydrogen-bond donors (Lipinski definition) is 2. The lowest BCUT2D eigenvalue weighted by Gasteiger charge is -2.06. The number of amides is 1. The number of hydrogen-bond acceptors (Lipinski definition) is 2. The molecule has 1 aliphatic rings. The molecule has 24 heavy (non-hydrogen) atoms. The van der Waals surface area contributed by atoms with E-state index in [2.05, 4.69) is 16.4 Å². The molecule has 3 aromatic rings. The Labute approximate surface area is 149 Å². The second-order valence-electron chi connectivity index (χ2n) is 6.05. The summed E-state index contributed by atoms with van der Waals surface area (Å²) in [6.45, 7) is 0. The van der Waals surface area contributed by atoms with Gasteiger partial charge in [-0.1, -0.05) is 41.6 Å². The molecule has 0 radical (unpaired) electrons. The molecule has 0 atom stereocenters. The predicted molar refractivity (Wildman–Crippen MR) is 98.7 cm³/mol. The Hall–Kier alpha value is -1.91. The topological polar surface area (TPSA) is 44.9 Å². The number of carbonyl (C=O) groups excluding carboxylic acids is 1. The lowest BCUT2D eigenvalue weighted by Crippen LogP contribution is -2.27. The van der Waals surface area contributed by atoms with Crippen molar-refractivity contribution >= 4 is 40.2 Å². The van der Waals surface area contributed by atoms with Gasteiger partial charge in [-0.25, -0.2) is 0 Å². The summed E-state index contributed by atoms with van der Waals surface area (Å²) >= 11 is 7.59. The maximum atomic E-state index is 12.3. The number of H-pyrrole nitrogens is 1. The molecule has 1 saturated carbocycles. The minimum absolute atomic E-state index is 0.0974. The van der Waals surface area contributed by atoms with Crippen molar-refractivity contribution in [1.29, 1.82) is 0 Å². The number of halogens is 1. The van der Waals surface area contributed by atoms with E-state index in [0.717, 1.165) is 44.3 Å². The molecule has 0 unspecified atom stereocenters. The van der Waals surface area contributed by atoms with Gasteiger partial charge >= 0.3 is 0 Å². The molecule has 3 nitrogen and oxygen atoms in total. The molecule has 1 heterocycles. The SMILES string of the molecule is O=C(Cc1c(Sc2ccc(Cl)cc2)[nH]c2ccccc12)NC1CC1. The monoisotopic (exact) mass is 356 g/mol. The van der Waals surface area contributed by atoms with Gasteiger partial charge in [0.05, 0.1) is 11.4 Å². The molecule has 2 aromatic carbocycles. The minimum Gasteiger partial charge on any atom is -0.353 e. The normalized spacial score (nSPS) is 14.0. The third kappa shape index (κ3) is 3.45. The van der Waals surface area contributed by atoms with Crippen LogP contribution < -0.4 is 5.32 Å². The zero-order chi connectivity index (χ0) is 16.5. The molecule has 0 saturated heterocycles. The highest BCUT2D eigenvalue weighted by atomic mass is 35.5. The van der Waals surface area contributed by atoms with E-state index in [4.69, 9.17) is 11.6 Å². The molecule has 0 aliphatic heterocycles. The highest BCUT2D eigenvalue weighted by molar-refractivity contribution is 7.99. The standard InChI is InChI=1S/C19H17ClN2OS/c20-12-5-9-14(10-6-12)24-19-16(11-18(23)21-13-7-8-13)15-3-1-2-4-17(15)22-19/h1-6,9-10,13,22H,7-8,11H2,(H,21,23). The van der Waals surface area contributed by atoms with Gasteiger partial charge in [-0.15, -0.1) is 0 Å². The van der Waals surface area contributed by atoms with Crippen LogP contribution in [-0.4, -0.2) is 16.9 Å². The second-order valence-corrected chi connectivity index (χ2v) is 7.57. The van der Waals surface area contributed by atoms with Crippen LogP contribution in [-0.2, 0) is 11.2 Å². The quantitative estimate of drug-likeness (QED) is 0.690. The molecule has 0 spiro atoms. The van der Waals surface area contributed by atoms with Crippen molar-refractivity contribution in [3.8, 4) is 0 Å². The van der Waals surface area contributed by atoms with E-state index in [1.54, 1.807) is 11.8 Å². The lowest BCUT2D eigenvalue weighted by atomic mass is 10.1. The first kappa shape index (κ1) is 15.6. The molecular formula is C19H17ClN2OS. The molecule has 122 valence electrons. The first-order chi connectivity index (χ1) is 11.7. The van der Waals surface area contributed by atoms with Gasteiger partial charge in [0.2, 0.25) is 5.91 Å². The second kappa shape index (κ2) is 6.54. The van der Waals surface area contributed by atoms with Crippen LogP contribution in [0.1, 0.15) is 18.4 Å². The van der Waals surface area contributed by atoms with Gasteiger partial charge in [0, 0.05) is 32.4 Å². The number of nitrogens with one attached hydrogen (secondary N) is 2. The summed E-state index contributed by atoms with van der Waals surface area (Å²) in [5.41, 5.74) is 2.12. The van der Waals surface area contributed by atoms with Gasteiger partial charge in [0.15, 0.2) is 0 Å². The van der Waals surface area contributed by atoms with Gasteiger partial charge in [0.1, 0.15) is 0 Å². The summed E-state index contributed by atoms with van der Waals surface area (Å²) in [6.07, 6.45) is 2.61. The van der Waals surface area contributed by atoms with E-state index in [-0.39, 0.29) is 5.91 Å². The number of aromatic amines is 1. The molecule has 1 amide bonds. The fraction of sp³-hybridized carbons (Fsp3) is 0.211.